The van der Waals surface area contributed by atoms with E-state index < -0.39 is 5.97 Å². The number of nitrogens with one attached hydrogen (secondary N) is 1. The fourth-order valence-electron chi connectivity index (χ4n) is 1.89. The summed E-state index contributed by atoms with van der Waals surface area (Å²) < 4.78 is 0. The highest BCUT2D eigenvalue weighted by molar-refractivity contribution is 5.74. The first-order valence-corrected chi connectivity index (χ1v) is 5.88. The standard InChI is InChI=1S/C11H20N2O4/c1-13(7-8-5-9(14)6-8)11(17)12-4-2-3-10(15)16/h8-9,14H,2-7H2,1H3,(H,12,17)(H,15,16). The lowest BCUT2D eigenvalue weighted by atomic mass is 9.82. The van der Waals surface area contributed by atoms with Crippen LogP contribution in [0.5, 0.6) is 0 Å². The average Bonchev–Trinajstić information content (AvgIpc) is 2.21. The summed E-state index contributed by atoms with van der Waals surface area (Å²) in [6.07, 6.45) is 1.83. The molecule has 0 radical (unpaired) electrons. The smallest absolute Gasteiger partial charge is 0.317 e. The SMILES string of the molecule is CN(CC1CC(O)C1)C(=O)NCCCC(=O)O. The third kappa shape index (κ3) is 5.04. The van der Waals surface area contributed by atoms with Crippen molar-refractivity contribution < 1.29 is 19.8 Å². The van der Waals surface area contributed by atoms with Crippen LogP contribution in [0.25, 0.3) is 0 Å². The largest absolute Gasteiger partial charge is 0.481 e. The highest BCUT2D eigenvalue weighted by Gasteiger charge is 2.28. The molecular weight excluding hydrogens is 224 g/mol. The third-order valence-corrected chi connectivity index (χ3v) is 2.93. The van der Waals surface area contributed by atoms with E-state index in [2.05, 4.69) is 5.32 Å². The van der Waals surface area contributed by atoms with Crippen LogP contribution >= 0.6 is 0 Å². The number of carboxylic acids is 1. The van der Waals surface area contributed by atoms with Crippen molar-refractivity contribution >= 4 is 12.0 Å². The van der Waals surface area contributed by atoms with Gasteiger partial charge < -0.3 is 20.4 Å². The molecule has 6 nitrogen and oxygen atoms in total. The number of urea groups is 1. The number of carbonyl (C=O) groups is 2. The quantitative estimate of drug-likeness (QED) is 0.585. The second kappa shape index (κ2) is 6.44. The maximum atomic E-state index is 11.5. The molecule has 98 valence electrons. The van der Waals surface area contributed by atoms with Gasteiger partial charge in [-0.05, 0) is 25.2 Å². The molecule has 17 heavy (non-hydrogen) atoms. The molecular formula is C11H20N2O4. The van der Waals surface area contributed by atoms with Gasteiger partial charge in [0.25, 0.3) is 0 Å². The Labute approximate surface area is 101 Å². The van der Waals surface area contributed by atoms with Gasteiger partial charge in [0.15, 0.2) is 0 Å². The number of carboxylic acid groups (broad SMARTS) is 1. The number of hydrogen-bond acceptors (Lipinski definition) is 3. The molecule has 0 heterocycles. The molecule has 3 N–H and O–H groups in total. The van der Waals surface area contributed by atoms with Crippen LogP contribution in [0.2, 0.25) is 0 Å². The minimum absolute atomic E-state index is 0.0683. The zero-order valence-corrected chi connectivity index (χ0v) is 10.1. The predicted molar refractivity (Wildman–Crippen MR) is 61.6 cm³/mol. The van der Waals surface area contributed by atoms with Gasteiger partial charge in [0.1, 0.15) is 0 Å². The van der Waals surface area contributed by atoms with Crippen molar-refractivity contribution in [3.05, 3.63) is 0 Å². The predicted octanol–water partition coefficient (Wildman–Crippen LogP) is 0.263. The van der Waals surface area contributed by atoms with E-state index >= 15 is 0 Å². The van der Waals surface area contributed by atoms with Crippen LogP contribution < -0.4 is 5.32 Å². The third-order valence-electron chi connectivity index (χ3n) is 2.93. The molecule has 2 amide bonds. The summed E-state index contributed by atoms with van der Waals surface area (Å²) in [5.41, 5.74) is 0. The molecule has 6 heteroatoms. The Morgan fingerprint density at radius 1 is 1.41 bits per heavy atom. The number of rotatable bonds is 6. The fraction of sp³-hybridized carbons (Fsp3) is 0.818. The number of carbonyl (C=O) groups excluding carboxylic acids is 1. The van der Waals surface area contributed by atoms with Crippen molar-refractivity contribution in [2.45, 2.75) is 31.8 Å². The van der Waals surface area contributed by atoms with Crippen molar-refractivity contribution in [1.29, 1.82) is 0 Å². The number of hydrogen-bond donors (Lipinski definition) is 3. The monoisotopic (exact) mass is 244 g/mol. The zero-order chi connectivity index (χ0) is 12.8. The van der Waals surface area contributed by atoms with Crippen LogP contribution in [0.1, 0.15) is 25.7 Å². The summed E-state index contributed by atoms with van der Waals surface area (Å²) in [5.74, 6) is -0.462. The summed E-state index contributed by atoms with van der Waals surface area (Å²) in [6, 6.07) is -0.184. The Morgan fingerprint density at radius 2 is 2.06 bits per heavy atom. The van der Waals surface area contributed by atoms with Gasteiger partial charge in [-0.1, -0.05) is 0 Å². The minimum Gasteiger partial charge on any atom is -0.481 e. The van der Waals surface area contributed by atoms with E-state index in [-0.39, 0.29) is 18.6 Å². The van der Waals surface area contributed by atoms with Crippen LogP contribution in [0, 0.1) is 5.92 Å². The van der Waals surface area contributed by atoms with Crippen LogP contribution in [-0.4, -0.2) is 53.4 Å². The molecule has 0 bridgehead atoms. The molecule has 1 saturated carbocycles. The van der Waals surface area contributed by atoms with Gasteiger partial charge in [-0.15, -0.1) is 0 Å². The van der Waals surface area contributed by atoms with E-state index in [9.17, 15) is 9.59 Å². The van der Waals surface area contributed by atoms with Crippen molar-refractivity contribution in [3.8, 4) is 0 Å². The lowest BCUT2D eigenvalue weighted by Crippen LogP contribution is -2.44. The van der Waals surface area contributed by atoms with Gasteiger partial charge in [-0.2, -0.15) is 0 Å². The van der Waals surface area contributed by atoms with E-state index in [1.807, 2.05) is 0 Å². The Hall–Kier alpha value is -1.30. The summed E-state index contributed by atoms with van der Waals surface area (Å²) in [7, 11) is 1.71. The molecule has 0 aromatic heterocycles. The molecule has 1 aliphatic rings. The van der Waals surface area contributed by atoms with Crippen molar-refractivity contribution in [2.75, 3.05) is 20.1 Å². The van der Waals surface area contributed by atoms with E-state index in [1.54, 1.807) is 11.9 Å². The molecule has 0 aliphatic heterocycles. The molecule has 1 rings (SSSR count). The summed E-state index contributed by atoms with van der Waals surface area (Å²) in [4.78, 5) is 23.4. The Bertz CT molecular complexity index is 277. The molecule has 1 aliphatic carbocycles. The molecule has 0 unspecified atom stereocenters. The number of amides is 2. The van der Waals surface area contributed by atoms with E-state index in [0.29, 0.717) is 25.4 Å². The van der Waals surface area contributed by atoms with Gasteiger partial charge in [0.2, 0.25) is 0 Å². The van der Waals surface area contributed by atoms with Gasteiger partial charge in [0.05, 0.1) is 6.10 Å². The van der Waals surface area contributed by atoms with E-state index in [0.717, 1.165) is 12.8 Å². The van der Waals surface area contributed by atoms with Crippen molar-refractivity contribution in [1.82, 2.24) is 10.2 Å². The lowest BCUT2D eigenvalue weighted by Gasteiger charge is -2.34. The molecule has 0 aromatic carbocycles. The van der Waals surface area contributed by atoms with Crippen LogP contribution in [-0.2, 0) is 4.79 Å². The highest BCUT2D eigenvalue weighted by atomic mass is 16.4. The summed E-state index contributed by atoms with van der Waals surface area (Å²) in [5, 5.41) is 20.2. The number of aliphatic hydroxyl groups is 1. The van der Waals surface area contributed by atoms with Crippen LogP contribution in [0.15, 0.2) is 0 Å². The maximum absolute atomic E-state index is 11.5. The first-order valence-electron chi connectivity index (χ1n) is 5.88. The number of nitrogens with zero attached hydrogens (tertiary/aromatic N) is 1. The molecule has 0 aromatic rings. The second-order valence-electron chi connectivity index (χ2n) is 4.60. The minimum atomic E-state index is -0.851. The average molecular weight is 244 g/mol. The number of aliphatic carboxylic acids is 1. The van der Waals surface area contributed by atoms with Gasteiger partial charge in [-0.3, -0.25) is 4.79 Å². The van der Waals surface area contributed by atoms with E-state index in [1.165, 1.54) is 0 Å². The van der Waals surface area contributed by atoms with Gasteiger partial charge >= 0.3 is 12.0 Å². The Kier molecular flexibility index (Phi) is 5.21. The first kappa shape index (κ1) is 13.8. The zero-order valence-electron chi connectivity index (χ0n) is 10.1. The molecule has 0 saturated heterocycles. The van der Waals surface area contributed by atoms with E-state index in [4.69, 9.17) is 10.2 Å². The Morgan fingerprint density at radius 3 is 2.59 bits per heavy atom. The Balaban J connectivity index is 2.07. The topological polar surface area (TPSA) is 89.9 Å². The van der Waals surface area contributed by atoms with Crippen LogP contribution in [0.4, 0.5) is 4.79 Å². The first-order chi connectivity index (χ1) is 7.99. The molecule has 0 atom stereocenters. The second-order valence-corrected chi connectivity index (χ2v) is 4.60. The maximum Gasteiger partial charge on any atom is 0.317 e. The van der Waals surface area contributed by atoms with Gasteiger partial charge in [0, 0.05) is 26.6 Å². The fourth-order valence-corrected chi connectivity index (χ4v) is 1.89. The highest BCUT2D eigenvalue weighted by Crippen LogP contribution is 2.27. The summed E-state index contributed by atoms with van der Waals surface area (Å²) >= 11 is 0. The van der Waals surface area contributed by atoms with Gasteiger partial charge in [-0.25, -0.2) is 4.79 Å². The lowest BCUT2D eigenvalue weighted by molar-refractivity contribution is -0.137. The molecule has 0 spiro atoms. The number of aliphatic hydroxyl groups excluding tert-OH is 1. The van der Waals surface area contributed by atoms with Crippen molar-refractivity contribution in [3.63, 3.8) is 0 Å². The van der Waals surface area contributed by atoms with Crippen LogP contribution in [0.3, 0.4) is 0 Å². The normalized spacial score (nSPS) is 22.7. The molecule has 1 fully saturated rings. The summed E-state index contributed by atoms with van der Waals surface area (Å²) in [6.45, 7) is 1.02. The van der Waals surface area contributed by atoms with Crippen molar-refractivity contribution in [2.24, 2.45) is 5.92 Å².